The molecule has 2 heterocycles. The second-order valence-corrected chi connectivity index (χ2v) is 4.85. The first-order chi connectivity index (χ1) is 8.83. The summed E-state index contributed by atoms with van der Waals surface area (Å²) in [6.07, 6.45) is 1.42. The summed E-state index contributed by atoms with van der Waals surface area (Å²) in [6.45, 7) is 0.354. The highest BCUT2D eigenvalue weighted by Crippen LogP contribution is 2.24. The van der Waals surface area contributed by atoms with Crippen LogP contribution in [0.2, 0.25) is 0 Å². The van der Waals surface area contributed by atoms with Gasteiger partial charge in [-0.3, -0.25) is 9.89 Å². The molecule has 0 unspecified atom stereocenters. The number of carbonyl (C=O) groups is 1. The standard InChI is InChI=1S/C12H10N4OS/c17-12(13-6-11-14-7-15-16-11)10-5-8-3-1-2-4-9(8)18-10/h1-5,7H,6H2,(H,13,17)(H,14,15,16). The molecule has 0 aliphatic heterocycles. The molecule has 0 atom stereocenters. The molecule has 0 radical (unpaired) electrons. The Morgan fingerprint density at radius 3 is 3.06 bits per heavy atom. The Labute approximate surface area is 107 Å². The van der Waals surface area contributed by atoms with Gasteiger partial charge in [0.15, 0.2) is 0 Å². The lowest BCUT2D eigenvalue weighted by Gasteiger charge is -1.99. The molecule has 0 saturated heterocycles. The Kier molecular flexibility index (Phi) is 2.77. The van der Waals surface area contributed by atoms with E-state index in [4.69, 9.17) is 0 Å². The number of hydrogen-bond donors (Lipinski definition) is 2. The number of nitrogens with one attached hydrogen (secondary N) is 2. The fourth-order valence-corrected chi connectivity index (χ4v) is 2.64. The maximum absolute atomic E-state index is 11.9. The third-order valence-corrected chi connectivity index (χ3v) is 3.65. The van der Waals surface area contributed by atoms with Crippen LogP contribution in [-0.4, -0.2) is 21.1 Å². The van der Waals surface area contributed by atoms with Gasteiger partial charge >= 0.3 is 0 Å². The number of carbonyl (C=O) groups excluding carboxylic acids is 1. The summed E-state index contributed by atoms with van der Waals surface area (Å²) in [4.78, 5) is 16.6. The number of amides is 1. The van der Waals surface area contributed by atoms with Crippen molar-refractivity contribution in [2.45, 2.75) is 6.54 Å². The maximum Gasteiger partial charge on any atom is 0.261 e. The zero-order chi connectivity index (χ0) is 12.4. The zero-order valence-corrected chi connectivity index (χ0v) is 10.2. The first-order valence-electron chi connectivity index (χ1n) is 5.44. The van der Waals surface area contributed by atoms with E-state index in [1.165, 1.54) is 17.7 Å². The van der Waals surface area contributed by atoms with Crippen LogP contribution >= 0.6 is 11.3 Å². The molecule has 3 rings (SSSR count). The summed E-state index contributed by atoms with van der Waals surface area (Å²) >= 11 is 1.48. The molecule has 6 heteroatoms. The Hall–Kier alpha value is -2.21. The topological polar surface area (TPSA) is 70.7 Å². The zero-order valence-electron chi connectivity index (χ0n) is 9.38. The van der Waals surface area contributed by atoms with Gasteiger partial charge in [-0.2, -0.15) is 5.10 Å². The van der Waals surface area contributed by atoms with Gasteiger partial charge in [-0.25, -0.2) is 4.98 Å². The van der Waals surface area contributed by atoms with Crippen LogP contribution in [0.1, 0.15) is 15.5 Å². The van der Waals surface area contributed by atoms with E-state index in [9.17, 15) is 4.79 Å². The van der Waals surface area contributed by atoms with Gasteiger partial charge < -0.3 is 5.32 Å². The fourth-order valence-electron chi connectivity index (χ4n) is 1.66. The Morgan fingerprint density at radius 1 is 1.39 bits per heavy atom. The van der Waals surface area contributed by atoms with E-state index in [1.807, 2.05) is 30.3 Å². The average Bonchev–Trinajstić information content (AvgIpc) is 3.04. The summed E-state index contributed by atoms with van der Waals surface area (Å²) < 4.78 is 1.11. The van der Waals surface area contributed by atoms with E-state index >= 15 is 0 Å². The van der Waals surface area contributed by atoms with Crippen molar-refractivity contribution < 1.29 is 4.79 Å². The molecule has 0 fully saturated rings. The van der Waals surface area contributed by atoms with Gasteiger partial charge in [-0.05, 0) is 17.5 Å². The van der Waals surface area contributed by atoms with Crippen LogP contribution in [0.25, 0.3) is 10.1 Å². The quantitative estimate of drug-likeness (QED) is 0.754. The largest absolute Gasteiger partial charge is 0.344 e. The highest BCUT2D eigenvalue weighted by molar-refractivity contribution is 7.20. The third kappa shape index (κ3) is 2.10. The number of H-pyrrole nitrogens is 1. The number of benzene rings is 1. The highest BCUT2D eigenvalue weighted by atomic mass is 32.1. The molecule has 18 heavy (non-hydrogen) atoms. The van der Waals surface area contributed by atoms with E-state index in [0.29, 0.717) is 17.2 Å². The summed E-state index contributed by atoms with van der Waals surface area (Å²) in [5.41, 5.74) is 0. The maximum atomic E-state index is 11.9. The molecular formula is C12H10N4OS. The molecule has 2 aromatic heterocycles. The molecule has 3 aromatic rings. The molecular weight excluding hydrogens is 248 g/mol. The first-order valence-corrected chi connectivity index (χ1v) is 6.25. The molecule has 90 valence electrons. The number of aromatic amines is 1. The van der Waals surface area contributed by atoms with Crippen LogP contribution in [-0.2, 0) is 6.54 Å². The van der Waals surface area contributed by atoms with Crippen LogP contribution in [0.4, 0.5) is 0 Å². The summed E-state index contributed by atoms with van der Waals surface area (Å²) in [7, 11) is 0. The van der Waals surface area contributed by atoms with Gasteiger partial charge in [-0.15, -0.1) is 11.3 Å². The van der Waals surface area contributed by atoms with Crippen molar-refractivity contribution in [3.63, 3.8) is 0 Å². The Bertz CT molecular complexity index is 641. The van der Waals surface area contributed by atoms with Gasteiger partial charge in [0, 0.05) is 4.70 Å². The van der Waals surface area contributed by atoms with E-state index < -0.39 is 0 Å². The minimum atomic E-state index is -0.0902. The lowest BCUT2D eigenvalue weighted by Crippen LogP contribution is -2.22. The molecule has 0 aliphatic rings. The first kappa shape index (κ1) is 10.9. The van der Waals surface area contributed by atoms with Gasteiger partial charge in [0.05, 0.1) is 11.4 Å². The predicted molar refractivity (Wildman–Crippen MR) is 69.4 cm³/mol. The lowest BCUT2D eigenvalue weighted by molar-refractivity contribution is 0.0954. The van der Waals surface area contributed by atoms with Crippen molar-refractivity contribution in [2.24, 2.45) is 0 Å². The van der Waals surface area contributed by atoms with Crippen LogP contribution in [0.5, 0.6) is 0 Å². The van der Waals surface area contributed by atoms with Crippen molar-refractivity contribution >= 4 is 27.3 Å². The highest BCUT2D eigenvalue weighted by Gasteiger charge is 2.09. The third-order valence-electron chi connectivity index (χ3n) is 2.53. The Morgan fingerprint density at radius 2 is 2.28 bits per heavy atom. The molecule has 0 aliphatic carbocycles. The normalized spacial score (nSPS) is 10.7. The second-order valence-electron chi connectivity index (χ2n) is 3.76. The number of fused-ring (bicyclic) bond motifs is 1. The monoisotopic (exact) mass is 258 g/mol. The van der Waals surface area contributed by atoms with Crippen LogP contribution < -0.4 is 5.32 Å². The van der Waals surface area contributed by atoms with Gasteiger partial charge in [0.25, 0.3) is 5.91 Å². The molecule has 0 spiro atoms. The van der Waals surface area contributed by atoms with Crippen LogP contribution in [0, 0.1) is 0 Å². The van der Waals surface area contributed by atoms with Gasteiger partial charge in [-0.1, -0.05) is 18.2 Å². The smallest absolute Gasteiger partial charge is 0.261 e. The van der Waals surface area contributed by atoms with Crippen molar-refractivity contribution in [2.75, 3.05) is 0 Å². The SMILES string of the molecule is O=C(NCc1ncn[nH]1)c1cc2ccccc2s1. The molecule has 1 aromatic carbocycles. The van der Waals surface area contributed by atoms with Gasteiger partial charge in [0.2, 0.25) is 0 Å². The van der Waals surface area contributed by atoms with E-state index in [1.54, 1.807) is 0 Å². The summed E-state index contributed by atoms with van der Waals surface area (Å²) in [6, 6.07) is 9.84. The van der Waals surface area contributed by atoms with Crippen molar-refractivity contribution in [3.05, 3.63) is 47.4 Å². The van der Waals surface area contributed by atoms with E-state index in [2.05, 4.69) is 20.5 Å². The number of nitrogens with zero attached hydrogens (tertiary/aromatic N) is 2. The molecule has 0 bridgehead atoms. The van der Waals surface area contributed by atoms with Crippen molar-refractivity contribution in [1.29, 1.82) is 0 Å². The van der Waals surface area contributed by atoms with Crippen LogP contribution in [0.15, 0.2) is 36.7 Å². The minimum Gasteiger partial charge on any atom is -0.344 e. The molecule has 2 N–H and O–H groups in total. The number of thiophene rings is 1. The average molecular weight is 258 g/mol. The van der Waals surface area contributed by atoms with Crippen LogP contribution in [0.3, 0.4) is 0 Å². The Balaban J connectivity index is 1.75. The molecule has 1 amide bonds. The van der Waals surface area contributed by atoms with E-state index in [0.717, 1.165) is 10.1 Å². The second kappa shape index (κ2) is 4.58. The van der Waals surface area contributed by atoms with E-state index in [-0.39, 0.29) is 5.91 Å². The van der Waals surface area contributed by atoms with Crippen molar-refractivity contribution in [1.82, 2.24) is 20.5 Å². The molecule has 0 saturated carbocycles. The summed E-state index contributed by atoms with van der Waals surface area (Å²) in [5.74, 6) is 0.553. The number of aromatic nitrogens is 3. The predicted octanol–water partition coefficient (Wildman–Crippen LogP) is 1.95. The fraction of sp³-hybridized carbons (Fsp3) is 0.0833. The lowest BCUT2D eigenvalue weighted by atomic mass is 10.2. The number of rotatable bonds is 3. The van der Waals surface area contributed by atoms with Crippen molar-refractivity contribution in [3.8, 4) is 0 Å². The summed E-state index contributed by atoms with van der Waals surface area (Å²) in [5, 5.41) is 10.3. The minimum absolute atomic E-state index is 0.0902. The number of hydrogen-bond acceptors (Lipinski definition) is 4. The molecule has 5 nitrogen and oxygen atoms in total. The van der Waals surface area contributed by atoms with Gasteiger partial charge in [0.1, 0.15) is 12.2 Å².